The molecule has 0 bridgehead atoms. The lowest BCUT2D eigenvalue weighted by Crippen LogP contribution is -2.12. The Kier molecular flexibility index (Phi) is 2.11. The van der Waals surface area contributed by atoms with Crippen LogP contribution in [0.15, 0.2) is 24.4 Å². The average Bonchev–Trinajstić information content (AvgIpc) is 2.55. The maximum absolute atomic E-state index is 12.5. The molecule has 0 radical (unpaired) electrons. The highest BCUT2D eigenvalue weighted by Gasteiger charge is 2.40. The number of hydrogen-bond acceptors (Lipinski definition) is 2. The lowest BCUT2D eigenvalue weighted by atomic mass is 10.2. The van der Waals surface area contributed by atoms with Gasteiger partial charge in [0.2, 0.25) is 0 Å². The van der Waals surface area contributed by atoms with E-state index in [2.05, 4.69) is 5.10 Å². The number of hydrogen-bond donors (Lipinski definition) is 1. The second kappa shape index (κ2) is 3.22. The molecule has 2 rings (SSSR count). The first-order valence-electron chi connectivity index (χ1n) is 4.19. The van der Waals surface area contributed by atoms with Gasteiger partial charge in [-0.2, -0.15) is 18.3 Å². The fourth-order valence-corrected chi connectivity index (χ4v) is 1.41. The molecule has 2 heterocycles. The van der Waals surface area contributed by atoms with Gasteiger partial charge in [-0.15, -0.1) is 0 Å². The molecule has 0 saturated heterocycles. The van der Waals surface area contributed by atoms with E-state index in [1.54, 1.807) is 0 Å². The number of nitrogens with zero attached hydrogens (tertiary/aromatic N) is 2. The van der Waals surface area contributed by atoms with Crippen molar-refractivity contribution in [3.05, 3.63) is 35.7 Å². The predicted molar refractivity (Wildman–Crippen MR) is 47.2 cm³/mol. The Bertz CT molecular complexity index is 559. The van der Waals surface area contributed by atoms with Gasteiger partial charge in [-0.05, 0) is 12.1 Å². The molecule has 0 unspecified atom stereocenters. The van der Waals surface area contributed by atoms with Gasteiger partial charge >= 0.3 is 12.1 Å². The van der Waals surface area contributed by atoms with Gasteiger partial charge in [0, 0.05) is 6.20 Å². The van der Waals surface area contributed by atoms with Crippen LogP contribution in [-0.2, 0) is 6.18 Å². The van der Waals surface area contributed by atoms with E-state index in [1.807, 2.05) is 0 Å². The van der Waals surface area contributed by atoms with Crippen LogP contribution in [0.25, 0.3) is 5.52 Å². The highest BCUT2D eigenvalue weighted by atomic mass is 19.4. The Morgan fingerprint density at radius 3 is 2.62 bits per heavy atom. The number of pyridine rings is 1. The van der Waals surface area contributed by atoms with Crippen LogP contribution in [0.1, 0.15) is 16.1 Å². The standard InChI is InChI=1S/C9H5F3N2O2/c10-9(11,12)7-6(8(15)16)5-3-1-2-4-14(5)13-7/h1-4H,(H,15,16). The van der Waals surface area contributed by atoms with Crippen molar-refractivity contribution in [1.29, 1.82) is 0 Å². The minimum atomic E-state index is -4.78. The molecule has 7 heteroatoms. The average molecular weight is 230 g/mol. The van der Waals surface area contributed by atoms with E-state index in [1.165, 1.54) is 24.4 Å². The van der Waals surface area contributed by atoms with Gasteiger partial charge in [0.25, 0.3) is 0 Å². The predicted octanol–water partition coefficient (Wildman–Crippen LogP) is 2.05. The Morgan fingerprint density at radius 1 is 1.38 bits per heavy atom. The van der Waals surface area contributed by atoms with E-state index >= 15 is 0 Å². The van der Waals surface area contributed by atoms with Crippen molar-refractivity contribution in [3.8, 4) is 0 Å². The van der Waals surface area contributed by atoms with E-state index in [0.29, 0.717) is 0 Å². The summed E-state index contributed by atoms with van der Waals surface area (Å²) in [5, 5.41) is 12.0. The zero-order valence-corrected chi connectivity index (χ0v) is 7.69. The van der Waals surface area contributed by atoms with Gasteiger partial charge in [-0.3, -0.25) is 0 Å². The summed E-state index contributed by atoms with van der Waals surface area (Å²) < 4.78 is 38.4. The second-order valence-corrected chi connectivity index (χ2v) is 3.06. The Hall–Kier alpha value is -2.05. The third-order valence-electron chi connectivity index (χ3n) is 2.02. The molecule has 16 heavy (non-hydrogen) atoms. The minimum absolute atomic E-state index is 0.0812. The molecule has 0 aliphatic heterocycles. The summed E-state index contributed by atoms with van der Waals surface area (Å²) in [6.45, 7) is 0. The zero-order chi connectivity index (χ0) is 11.9. The third kappa shape index (κ3) is 1.50. The maximum Gasteiger partial charge on any atom is 0.436 e. The van der Waals surface area contributed by atoms with E-state index < -0.39 is 23.4 Å². The summed E-state index contributed by atoms with van der Waals surface area (Å²) in [5.74, 6) is -1.64. The summed E-state index contributed by atoms with van der Waals surface area (Å²) in [6, 6.07) is 4.18. The first-order valence-corrected chi connectivity index (χ1v) is 4.19. The van der Waals surface area contributed by atoms with Crippen molar-refractivity contribution in [1.82, 2.24) is 9.61 Å². The first-order chi connectivity index (χ1) is 7.41. The molecule has 2 aromatic rings. The van der Waals surface area contributed by atoms with E-state index in [-0.39, 0.29) is 5.52 Å². The normalized spacial score (nSPS) is 11.9. The number of carboxylic acids is 1. The lowest BCUT2D eigenvalue weighted by Gasteiger charge is -2.02. The largest absolute Gasteiger partial charge is 0.478 e. The van der Waals surface area contributed by atoms with Crippen molar-refractivity contribution in [2.24, 2.45) is 0 Å². The Labute approximate surface area is 86.9 Å². The molecule has 4 nitrogen and oxygen atoms in total. The van der Waals surface area contributed by atoms with E-state index in [4.69, 9.17) is 5.11 Å². The first kappa shape index (κ1) is 10.5. The minimum Gasteiger partial charge on any atom is -0.478 e. The molecule has 0 amide bonds. The zero-order valence-electron chi connectivity index (χ0n) is 7.69. The SMILES string of the molecule is O=C(O)c1c(C(F)(F)F)nn2ccccc12. The molecule has 0 aromatic carbocycles. The number of alkyl halides is 3. The van der Waals surface area contributed by atoms with Crippen LogP contribution in [0.5, 0.6) is 0 Å². The van der Waals surface area contributed by atoms with Gasteiger partial charge in [0.05, 0.1) is 5.52 Å². The molecule has 2 aromatic heterocycles. The van der Waals surface area contributed by atoms with Crippen LogP contribution < -0.4 is 0 Å². The number of rotatable bonds is 1. The summed E-state index contributed by atoms with van der Waals surface area (Å²) in [7, 11) is 0. The molecule has 0 atom stereocenters. The summed E-state index contributed by atoms with van der Waals surface area (Å²) in [4.78, 5) is 10.8. The van der Waals surface area contributed by atoms with Crippen molar-refractivity contribution in [2.45, 2.75) is 6.18 Å². The summed E-state index contributed by atoms with van der Waals surface area (Å²) >= 11 is 0. The topological polar surface area (TPSA) is 54.6 Å². The molecular weight excluding hydrogens is 225 g/mol. The molecule has 84 valence electrons. The lowest BCUT2D eigenvalue weighted by molar-refractivity contribution is -0.141. The van der Waals surface area contributed by atoms with Gasteiger partial charge < -0.3 is 5.11 Å². The number of aromatic carboxylic acids is 1. The molecule has 0 spiro atoms. The fourth-order valence-electron chi connectivity index (χ4n) is 1.41. The highest BCUT2D eigenvalue weighted by molar-refractivity contribution is 5.97. The van der Waals surface area contributed by atoms with Crippen molar-refractivity contribution < 1.29 is 23.1 Å². The highest BCUT2D eigenvalue weighted by Crippen LogP contribution is 2.32. The van der Waals surface area contributed by atoms with Gasteiger partial charge in [-0.1, -0.05) is 6.07 Å². The number of fused-ring (bicyclic) bond motifs is 1. The van der Waals surface area contributed by atoms with Crippen molar-refractivity contribution in [2.75, 3.05) is 0 Å². The van der Waals surface area contributed by atoms with Gasteiger partial charge in [0.15, 0.2) is 5.69 Å². The molecule has 1 N–H and O–H groups in total. The quantitative estimate of drug-likeness (QED) is 0.815. The van der Waals surface area contributed by atoms with Gasteiger partial charge in [-0.25, -0.2) is 9.31 Å². The molecule has 0 aliphatic carbocycles. The molecule has 0 aliphatic rings. The van der Waals surface area contributed by atoms with Crippen molar-refractivity contribution in [3.63, 3.8) is 0 Å². The summed E-state index contributed by atoms with van der Waals surface area (Å²) in [6.07, 6.45) is -3.52. The monoisotopic (exact) mass is 230 g/mol. The van der Waals surface area contributed by atoms with E-state index in [9.17, 15) is 18.0 Å². The fraction of sp³-hybridized carbons (Fsp3) is 0.111. The van der Waals surface area contributed by atoms with Crippen LogP contribution in [0.3, 0.4) is 0 Å². The van der Waals surface area contributed by atoms with E-state index in [0.717, 1.165) is 4.52 Å². The Morgan fingerprint density at radius 2 is 2.06 bits per heavy atom. The summed E-state index contributed by atoms with van der Waals surface area (Å²) in [5.41, 5.74) is -2.29. The molecule has 0 fully saturated rings. The van der Waals surface area contributed by atoms with Crippen LogP contribution in [0.4, 0.5) is 13.2 Å². The molecule has 0 saturated carbocycles. The Balaban J connectivity index is 2.84. The van der Waals surface area contributed by atoms with Gasteiger partial charge in [0.1, 0.15) is 5.56 Å². The second-order valence-electron chi connectivity index (χ2n) is 3.06. The number of aromatic nitrogens is 2. The van der Waals surface area contributed by atoms with Crippen LogP contribution in [-0.4, -0.2) is 20.7 Å². The third-order valence-corrected chi connectivity index (χ3v) is 2.02. The van der Waals surface area contributed by atoms with Crippen molar-refractivity contribution >= 4 is 11.5 Å². The number of halogens is 3. The number of carboxylic acid groups (broad SMARTS) is 1. The maximum atomic E-state index is 12.5. The number of carbonyl (C=O) groups is 1. The van der Waals surface area contributed by atoms with Crippen LogP contribution in [0.2, 0.25) is 0 Å². The molecular formula is C9H5F3N2O2. The smallest absolute Gasteiger partial charge is 0.436 e. The van der Waals surface area contributed by atoms with Crippen LogP contribution >= 0.6 is 0 Å². The van der Waals surface area contributed by atoms with Crippen LogP contribution in [0, 0.1) is 0 Å².